The van der Waals surface area contributed by atoms with Crippen molar-refractivity contribution in [2.24, 2.45) is 0 Å². The van der Waals surface area contributed by atoms with Crippen LogP contribution in [0.2, 0.25) is 0 Å². The number of rotatable bonds is 5. The first-order chi connectivity index (χ1) is 6.79. The minimum Gasteiger partial charge on any atom is -0.467 e. The average Bonchev–Trinajstić information content (AvgIpc) is 2.20. The maximum Gasteiger partial charge on any atom is 0.189 e. The molecular formula is C11H15ClO2. The van der Waals surface area contributed by atoms with Gasteiger partial charge in [0.1, 0.15) is 5.75 Å². The van der Waals surface area contributed by atoms with Crippen LogP contribution in [0.25, 0.3) is 0 Å². The van der Waals surface area contributed by atoms with Gasteiger partial charge in [-0.15, -0.1) is 11.6 Å². The first kappa shape index (κ1) is 11.3. The molecule has 0 saturated heterocycles. The standard InChI is InChI=1S/C11H15ClO2/c1-3-13-8-14-11-9(2)5-4-6-10(11)7-12/h4-6H,3,7-8H2,1-2H3. The Morgan fingerprint density at radius 1 is 1.36 bits per heavy atom. The van der Waals surface area contributed by atoms with E-state index in [0.717, 1.165) is 16.9 Å². The number of hydrogen-bond acceptors (Lipinski definition) is 2. The van der Waals surface area contributed by atoms with Gasteiger partial charge >= 0.3 is 0 Å². The maximum absolute atomic E-state index is 5.80. The molecule has 0 spiro atoms. The SMILES string of the molecule is CCOCOc1c(C)cccc1CCl. The van der Waals surface area contributed by atoms with Gasteiger partial charge < -0.3 is 9.47 Å². The Morgan fingerprint density at radius 2 is 2.14 bits per heavy atom. The predicted octanol–water partition coefficient (Wildman–Crippen LogP) is 3.11. The molecule has 0 aliphatic heterocycles. The smallest absolute Gasteiger partial charge is 0.189 e. The van der Waals surface area contributed by atoms with Gasteiger partial charge in [0.2, 0.25) is 0 Å². The Hall–Kier alpha value is -0.730. The zero-order valence-electron chi connectivity index (χ0n) is 8.55. The van der Waals surface area contributed by atoms with Crippen molar-refractivity contribution < 1.29 is 9.47 Å². The molecule has 2 nitrogen and oxygen atoms in total. The topological polar surface area (TPSA) is 18.5 Å². The Balaban J connectivity index is 2.72. The van der Waals surface area contributed by atoms with Gasteiger partial charge in [0, 0.05) is 12.2 Å². The summed E-state index contributed by atoms with van der Waals surface area (Å²) in [6.07, 6.45) is 0. The van der Waals surface area contributed by atoms with Crippen molar-refractivity contribution in [3.63, 3.8) is 0 Å². The second-order valence-electron chi connectivity index (χ2n) is 2.95. The fourth-order valence-corrected chi connectivity index (χ4v) is 1.42. The van der Waals surface area contributed by atoms with E-state index in [1.54, 1.807) is 0 Å². The quantitative estimate of drug-likeness (QED) is 0.426. The van der Waals surface area contributed by atoms with Crippen LogP contribution in [0.1, 0.15) is 18.1 Å². The second-order valence-corrected chi connectivity index (χ2v) is 3.22. The van der Waals surface area contributed by atoms with Crippen molar-refractivity contribution >= 4 is 11.6 Å². The predicted molar refractivity (Wildman–Crippen MR) is 57.9 cm³/mol. The molecule has 0 fully saturated rings. The highest BCUT2D eigenvalue weighted by Crippen LogP contribution is 2.24. The number of benzene rings is 1. The summed E-state index contributed by atoms with van der Waals surface area (Å²) >= 11 is 5.80. The molecule has 78 valence electrons. The average molecular weight is 215 g/mol. The molecule has 1 aromatic rings. The Morgan fingerprint density at radius 3 is 2.79 bits per heavy atom. The summed E-state index contributed by atoms with van der Waals surface area (Å²) in [5.74, 6) is 1.30. The number of hydrogen-bond donors (Lipinski definition) is 0. The molecule has 0 N–H and O–H groups in total. The first-order valence-electron chi connectivity index (χ1n) is 4.64. The molecule has 0 amide bonds. The van der Waals surface area contributed by atoms with Crippen LogP contribution in [-0.2, 0) is 10.6 Å². The molecular weight excluding hydrogens is 200 g/mol. The van der Waals surface area contributed by atoms with Crippen LogP contribution < -0.4 is 4.74 Å². The Labute approximate surface area is 89.8 Å². The third-order valence-corrected chi connectivity index (χ3v) is 2.22. The van der Waals surface area contributed by atoms with Gasteiger partial charge in [-0.1, -0.05) is 18.2 Å². The maximum atomic E-state index is 5.80. The summed E-state index contributed by atoms with van der Waals surface area (Å²) in [6, 6.07) is 5.93. The van der Waals surface area contributed by atoms with Crippen LogP contribution in [-0.4, -0.2) is 13.4 Å². The molecule has 0 heterocycles. The van der Waals surface area contributed by atoms with E-state index >= 15 is 0 Å². The monoisotopic (exact) mass is 214 g/mol. The van der Waals surface area contributed by atoms with Gasteiger partial charge in [-0.3, -0.25) is 0 Å². The van der Waals surface area contributed by atoms with E-state index in [-0.39, 0.29) is 6.79 Å². The van der Waals surface area contributed by atoms with Crippen LogP contribution in [0.4, 0.5) is 0 Å². The van der Waals surface area contributed by atoms with E-state index in [1.807, 2.05) is 32.0 Å². The van der Waals surface area contributed by atoms with Gasteiger partial charge in [-0.25, -0.2) is 0 Å². The molecule has 0 unspecified atom stereocenters. The minimum absolute atomic E-state index is 0.283. The lowest BCUT2D eigenvalue weighted by molar-refractivity contribution is 0.0215. The van der Waals surface area contributed by atoms with Gasteiger partial charge in [-0.05, 0) is 19.4 Å². The van der Waals surface area contributed by atoms with Crippen molar-refractivity contribution in [3.05, 3.63) is 29.3 Å². The highest BCUT2D eigenvalue weighted by molar-refractivity contribution is 6.17. The zero-order chi connectivity index (χ0) is 10.4. The zero-order valence-corrected chi connectivity index (χ0v) is 9.30. The molecule has 1 aromatic carbocycles. The Kier molecular flexibility index (Phi) is 4.77. The lowest BCUT2D eigenvalue weighted by Crippen LogP contribution is -2.04. The van der Waals surface area contributed by atoms with Crippen molar-refractivity contribution in [2.45, 2.75) is 19.7 Å². The molecule has 3 heteroatoms. The number of para-hydroxylation sites is 1. The largest absolute Gasteiger partial charge is 0.467 e. The summed E-state index contributed by atoms with van der Waals surface area (Å²) < 4.78 is 10.6. The number of ether oxygens (including phenoxy) is 2. The molecule has 14 heavy (non-hydrogen) atoms. The summed E-state index contributed by atoms with van der Waals surface area (Å²) in [5.41, 5.74) is 2.09. The van der Waals surface area contributed by atoms with Crippen molar-refractivity contribution in [1.82, 2.24) is 0 Å². The molecule has 0 atom stereocenters. The van der Waals surface area contributed by atoms with Crippen LogP contribution in [0.3, 0.4) is 0 Å². The lowest BCUT2D eigenvalue weighted by Gasteiger charge is -2.12. The van der Waals surface area contributed by atoms with E-state index in [2.05, 4.69) is 0 Å². The summed E-state index contributed by atoms with van der Waals surface area (Å²) in [7, 11) is 0. The van der Waals surface area contributed by atoms with Crippen molar-refractivity contribution in [2.75, 3.05) is 13.4 Å². The third kappa shape index (κ3) is 2.89. The number of aryl methyl sites for hydroxylation is 1. The van der Waals surface area contributed by atoms with E-state index in [1.165, 1.54) is 0 Å². The summed E-state index contributed by atoms with van der Waals surface area (Å²) in [6.45, 7) is 4.87. The van der Waals surface area contributed by atoms with Crippen molar-refractivity contribution in [1.29, 1.82) is 0 Å². The van der Waals surface area contributed by atoms with E-state index in [4.69, 9.17) is 21.1 Å². The number of halogens is 1. The van der Waals surface area contributed by atoms with Crippen LogP contribution in [0.15, 0.2) is 18.2 Å². The van der Waals surface area contributed by atoms with E-state index in [9.17, 15) is 0 Å². The first-order valence-corrected chi connectivity index (χ1v) is 5.18. The van der Waals surface area contributed by atoms with Gasteiger partial charge in [0.15, 0.2) is 6.79 Å². The summed E-state index contributed by atoms with van der Waals surface area (Å²) in [5, 5.41) is 0. The fraction of sp³-hybridized carbons (Fsp3) is 0.455. The highest BCUT2D eigenvalue weighted by Gasteiger charge is 2.05. The molecule has 0 saturated carbocycles. The minimum atomic E-state index is 0.283. The van der Waals surface area contributed by atoms with Crippen molar-refractivity contribution in [3.8, 4) is 5.75 Å². The van der Waals surface area contributed by atoms with E-state index in [0.29, 0.717) is 12.5 Å². The molecule has 1 rings (SSSR count). The van der Waals surface area contributed by atoms with Gasteiger partial charge in [0.25, 0.3) is 0 Å². The van der Waals surface area contributed by atoms with Crippen LogP contribution >= 0.6 is 11.6 Å². The second kappa shape index (κ2) is 5.89. The van der Waals surface area contributed by atoms with Crippen LogP contribution in [0.5, 0.6) is 5.75 Å². The van der Waals surface area contributed by atoms with Crippen LogP contribution in [0, 0.1) is 6.92 Å². The highest BCUT2D eigenvalue weighted by atomic mass is 35.5. The lowest BCUT2D eigenvalue weighted by atomic mass is 10.1. The fourth-order valence-electron chi connectivity index (χ4n) is 1.21. The normalized spacial score (nSPS) is 10.2. The summed E-state index contributed by atoms with van der Waals surface area (Å²) in [4.78, 5) is 0. The molecule has 0 radical (unpaired) electrons. The molecule has 0 aliphatic rings. The molecule has 0 aliphatic carbocycles. The van der Waals surface area contributed by atoms with Gasteiger partial charge in [-0.2, -0.15) is 0 Å². The Bertz CT molecular complexity index is 287. The third-order valence-electron chi connectivity index (χ3n) is 1.93. The van der Waals surface area contributed by atoms with Gasteiger partial charge in [0.05, 0.1) is 5.88 Å². The molecule has 0 bridgehead atoms. The number of alkyl halides is 1. The molecule has 0 aromatic heterocycles. The van der Waals surface area contributed by atoms with E-state index < -0.39 is 0 Å².